The molecule has 0 saturated carbocycles. The maximum absolute atomic E-state index is 13.2. The third-order valence-electron chi connectivity index (χ3n) is 4.63. The maximum Gasteiger partial charge on any atom is 0.417 e. The molecule has 2 N–H and O–H groups in total. The average molecular weight is 568 g/mol. The van der Waals surface area contributed by atoms with Crippen molar-refractivity contribution in [3.8, 4) is 0 Å². The summed E-state index contributed by atoms with van der Waals surface area (Å²) in [5, 5.41) is 8.21. The molecule has 0 bridgehead atoms. The molecule has 0 spiro atoms. The van der Waals surface area contributed by atoms with Crippen molar-refractivity contribution in [2.75, 3.05) is 4.72 Å². The fourth-order valence-corrected chi connectivity index (χ4v) is 6.05. The summed E-state index contributed by atoms with van der Waals surface area (Å²) in [7, 11) is -8.92. The molecular weight excluding hydrogens is 554 g/mol. The Morgan fingerprint density at radius 3 is 2.11 bits per heavy atom. The molecule has 3 rings (SSSR count). The first-order valence-corrected chi connectivity index (χ1v) is 13.2. The molecular formula is C21H14Cl2F3NO6S2. The van der Waals surface area contributed by atoms with Crippen molar-refractivity contribution in [2.45, 2.75) is 21.7 Å². The van der Waals surface area contributed by atoms with E-state index in [2.05, 4.69) is 0 Å². The molecule has 3 aromatic carbocycles. The third kappa shape index (κ3) is 6.26. The zero-order chi connectivity index (χ0) is 26.2. The predicted molar refractivity (Wildman–Crippen MR) is 123 cm³/mol. The highest BCUT2D eigenvalue weighted by Crippen LogP contribution is 2.37. The lowest BCUT2D eigenvalue weighted by Gasteiger charge is -2.15. The monoisotopic (exact) mass is 567 g/mol. The Hall–Kier alpha value is -2.80. The van der Waals surface area contributed by atoms with E-state index in [1.54, 1.807) is 0 Å². The minimum Gasteiger partial charge on any atom is -0.478 e. The van der Waals surface area contributed by atoms with E-state index < -0.39 is 63.8 Å². The summed E-state index contributed by atoms with van der Waals surface area (Å²) in [6, 6.07) is 10.1. The summed E-state index contributed by atoms with van der Waals surface area (Å²) in [4.78, 5) is 9.68. The van der Waals surface area contributed by atoms with Crippen LogP contribution in [0.4, 0.5) is 18.9 Å². The van der Waals surface area contributed by atoms with Crippen molar-refractivity contribution in [3.05, 3.63) is 87.4 Å². The van der Waals surface area contributed by atoms with Gasteiger partial charge in [0.1, 0.15) is 0 Å². The lowest BCUT2D eigenvalue weighted by Crippen LogP contribution is -2.17. The second-order valence-corrected chi connectivity index (χ2v) is 11.6. The number of hydrogen-bond acceptors (Lipinski definition) is 5. The standard InChI is InChI=1S/C21H14Cl2F3NO6S2/c22-14-5-8-19(34(30,31)11-12-1-3-13(4-2-12)20(28)29)18(9-14)27-35(32,33)15-6-7-17(23)16(10-15)21(24,25)26/h1-10,27H,11H2,(H,28,29). The van der Waals surface area contributed by atoms with Gasteiger partial charge in [-0.25, -0.2) is 21.6 Å². The molecule has 0 heterocycles. The van der Waals surface area contributed by atoms with Gasteiger partial charge in [0.05, 0.1) is 37.4 Å². The van der Waals surface area contributed by atoms with Gasteiger partial charge in [-0.15, -0.1) is 0 Å². The van der Waals surface area contributed by atoms with Gasteiger partial charge >= 0.3 is 12.1 Å². The van der Waals surface area contributed by atoms with Gasteiger partial charge in [-0.3, -0.25) is 4.72 Å². The van der Waals surface area contributed by atoms with E-state index in [1.807, 2.05) is 4.72 Å². The van der Waals surface area contributed by atoms with Crippen molar-refractivity contribution < 1.29 is 39.9 Å². The van der Waals surface area contributed by atoms with Crippen molar-refractivity contribution in [2.24, 2.45) is 0 Å². The molecule has 7 nitrogen and oxygen atoms in total. The van der Waals surface area contributed by atoms with Crippen LogP contribution in [0.2, 0.25) is 10.0 Å². The van der Waals surface area contributed by atoms with Crippen LogP contribution in [0.25, 0.3) is 0 Å². The second kappa shape index (κ2) is 9.69. The topological polar surface area (TPSA) is 118 Å². The molecule has 0 saturated heterocycles. The highest BCUT2D eigenvalue weighted by atomic mass is 35.5. The highest BCUT2D eigenvalue weighted by Gasteiger charge is 2.35. The molecule has 0 radical (unpaired) electrons. The van der Waals surface area contributed by atoms with Gasteiger partial charge in [0.25, 0.3) is 10.0 Å². The number of sulfonamides is 1. The summed E-state index contributed by atoms with van der Waals surface area (Å²) < 4.78 is 93.2. The summed E-state index contributed by atoms with van der Waals surface area (Å²) >= 11 is 11.4. The van der Waals surface area contributed by atoms with Crippen LogP contribution in [-0.2, 0) is 31.8 Å². The molecule has 0 unspecified atom stereocenters. The van der Waals surface area contributed by atoms with Crippen LogP contribution in [0.15, 0.2) is 70.5 Å². The van der Waals surface area contributed by atoms with Crippen LogP contribution in [0.5, 0.6) is 0 Å². The van der Waals surface area contributed by atoms with E-state index in [-0.39, 0.29) is 16.1 Å². The lowest BCUT2D eigenvalue weighted by molar-refractivity contribution is -0.137. The summed E-state index contributed by atoms with van der Waals surface area (Å²) in [6.45, 7) is 0. The van der Waals surface area contributed by atoms with Crippen LogP contribution in [0.1, 0.15) is 21.5 Å². The molecule has 0 aliphatic rings. The lowest BCUT2D eigenvalue weighted by atomic mass is 10.1. The molecule has 14 heteroatoms. The number of halogens is 5. The Bertz CT molecular complexity index is 1510. The largest absolute Gasteiger partial charge is 0.478 e. The van der Waals surface area contributed by atoms with Crippen LogP contribution < -0.4 is 4.72 Å². The Morgan fingerprint density at radius 2 is 1.54 bits per heavy atom. The van der Waals surface area contributed by atoms with E-state index in [9.17, 15) is 34.8 Å². The zero-order valence-corrected chi connectivity index (χ0v) is 20.3. The summed E-state index contributed by atoms with van der Waals surface area (Å²) in [5.41, 5.74) is -1.72. The second-order valence-electron chi connectivity index (χ2n) is 7.15. The molecule has 0 fully saturated rings. The van der Waals surface area contributed by atoms with Gasteiger partial charge in [-0.05, 0) is 54.1 Å². The Kier molecular flexibility index (Phi) is 7.42. The van der Waals surface area contributed by atoms with E-state index in [4.69, 9.17) is 28.3 Å². The fourth-order valence-electron chi connectivity index (χ4n) is 2.99. The third-order valence-corrected chi connectivity index (χ3v) is 8.30. The van der Waals surface area contributed by atoms with Crippen LogP contribution in [0, 0.1) is 0 Å². The Balaban J connectivity index is 2.00. The molecule has 186 valence electrons. The van der Waals surface area contributed by atoms with E-state index in [0.29, 0.717) is 6.07 Å². The average Bonchev–Trinajstić information content (AvgIpc) is 2.72. The Labute approximate surface area is 208 Å². The number of aromatic carboxylic acids is 1. The molecule has 0 aromatic heterocycles. The molecule has 0 aliphatic heterocycles. The number of nitrogens with one attached hydrogen (secondary N) is 1. The van der Waals surface area contributed by atoms with Crippen LogP contribution in [0.3, 0.4) is 0 Å². The fraction of sp³-hybridized carbons (Fsp3) is 0.0952. The van der Waals surface area contributed by atoms with Gasteiger partial charge in [0.15, 0.2) is 9.84 Å². The number of sulfone groups is 1. The van der Waals surface area contributed by atoms with Crippen LogP contribution >= 0.6 is 23.2 Å². The van der Waals surface area contributed by atoms with Crippen LogP contribution in [-0.4, -0.2) is 27.9 Å². The number of anilines is 1. The number of rotatable bonds is 7. The molecule has 0 amide bonds. The van der Waals surface area contributed by atoms with Gasteiger partial charge in [-0.1, -0.05) is 35.3 Å². The number of carboxylic acid groups (broad SMARTS) is 1. The SMILES string of the molecule is O=C(O)c1ccc(CS(=O)(=O)c2ccc(Cl)cc2NS(=O)(=O)c2ccc(Cl)c(C(F)(F)F)c2)cc1. The van der Waals surface area contributed by atoms with Crippen molar-refractivity contribution >= 4 is 54.7 Å². The van der Waals surface area contributed by atoms with Gasteiger partial charge in [0.2, 0.25) is 0 Å². The van der Waals surface area contributed by atoms with Crippen molar-refractivity contribution in [1.29, 1.82) is 0 Å². The minimum atomic E-state index is -4.93. The molecule has 3 aromatic rings. The smallest absolute Gasteiger partial charge is 0.417 e. The predicted octanol–water partition coefficient (Wildman–Crippen LogP) is 5.49. The van der Waals surface area contributed by atoms with Gasteiger partial charge < -0.3 is 5.11 Å². The normalized spacial score (nSPS) is 12.4. The maximum atomic E-state index is 13.2. The molecule has 35 heavy (non-hydrogen) atoms. The van der Waals surface area contributed by atoms with Gasteiger partial charge in [-0.2, -0.15) is 13.2 Å². The zero-order valence-electron chi connectivity index (χ0n) is 17.2. The molecule has 0 aliphatic carbocycles. The van der Waals surface area contributed by atoms with Crippen molar-refractivity contribution in [1.82, 2.24) is 0 Å². The van der Waals surface area contributed by atoms with Crippen molar-refractivity contribution in [3.63, 3.8) is 0 Å². The summed E-state index contributed by atoms with van der Waals surface area (Å²) in [5.74, 6) is -1.83. The number of carbonyl (C=O) groups is 1. The number of alkyl halides is 3. The first kappa shape index (κ1) is 26.8. The van der Waals surface area contributed by atoms with E-state index in [1.165, 1.54) is 30.3 Å². The minimum absolute atomic E-state index is 0.0421. The number of carboxylic acids is 1. The van der Waals surface area contributed by atoms with Gasteiger partial charge in [0, 0.05) is 5.02 Å². The first-order chi connectivity index (χ1) is 16.1. The van der Waals surface area contributed by atoms with E-state index in [0.717, 1.165) is 24.3 Å². The number of hydrogen-bond donors (Lipinski definition) is 2. The summed E-state index contributed by atoms with van der Waals surface area (Å²) in [6.07, 6.45) is -4.93. The number of benzene rings is 3. The first-order valence-electron chi connectivity index (χ1n) is 9.34. The highest BCUT2D eigenvalue weighted by molar-refractivity contribution is 7.93. The Morgan fingerprint density at radius 1 is 0.914 bits per heavy atom. The quantitative estimate of drug-likeness (QED) is 0.390. The van der Waals surface area contributed by atoms with E-state index >= 15 is 0 Å². The molecule has 0 atom stereocenters.